The highest BCUT2D eigenvalue weighted by atomic mass is 16.4. The summed E-state index contributed by atoms with van der Waals surface area (Å²) in [5.74, 6) is -1.07. The topological polar surface area (TPSA) is 66.4 Å². The smallest absolute Gasteiger partial charge is 0.328 e. The maximum atomic E-state index is 11.1. The summed E-state index contributed by atoms with van der Waals surface area (Å²) >= 11 is 0. The molecule has 0 unspecified atom stereocenters. The molecule has 1 aromatic carbocycles. The van der Waals surface area contributed by atoms with Crippen LogP contribution in [-0.4, -0.2) is 17.0 Å². The number of carbonyl (C=O) groups excluding carboxylic acids is 1. The van der Waals surface area contributed by atoms with Crippen LogP contribution in [0.15, 0.2) is 30.3 Å². The van der Waals surface area contributed by atoms with Crippen LogP contribution >= 0.6 is 0 Å². The molecule has 0 fully saturated rings. The number of rotatable bonds is 4. The SMILES string of the molecule is CCC(=O)Nc1cccc(C=CC(=O)O)c1. The number of amides is 1. The van der Waals surface area contributed by atoms with Crippen molar-refractivity contribution < 1.29 is 14.7 Å². The summed E-state index contributed by atoms with van der Waals surface area (Å²) in [6, 6.07) is 6.99. The van der Waals surface area contributed by atoms with Crippen LogP contribution in [0.5, 0.6) is 0 Å². The van der Waals surface area contributed by atoms with E-state index in [1.165, 1.54) is 6.08 Å². The molecule has 84 valence electrons. The normalized spacial score (nSPS) is 10.3. The molecule has 4 heteroatoms. The van der Waals surface area contributed by atoms with Crippen molar-refractivity contribution in [3.05, 3.63) is 35.9 Å². The Labute approximate surface area is 93.6 Å². The van der Waals surface area contributed by atoms with Crippen LogP contribution in [0.3, 0.4) is 0 Å². The van der Waals surface area contributed by atoms with E-state index in [4.69, 9.17) is 5.11 Å². The molecule has 0 aliphatic rings. The van der Waals surface area contributed by atoms with Gasteiger partial charge in [0.15, 0.2) is 0 Å². The van der Waals surface area contributed by atoms with Gasteiger partial charge in [-0.1, -0.05) is 19.1 Å². The highest BCUT2D eigenvalue weighted by Gasteiger charge is 1.98. The summed E-state index contributed by atoms with van der Waals surface area (Å²) in [6.07, 6.45) is 2.94. The lowest BCUT2D eigenvalue weighted by molar-refractivity contribution is -0.131. The molecule has 1 amide bonds. The molecule has 0 saturated carbocycles. The van der Waals surface area contributed by atoms with Gasteiger partial charge < -0.3 is 10.4 Å². The monoisotopic (exact) mass is 219 g/mol. The lowest BCUT2D eigenvalue weighted by atomic mass is 10.2. The van der Waals surface area contributed by atoms with E-state index < -0.39 is 5.97 Å². The van der Waals surface area contributed by atoms with Crippen LogP contribution in [0.1, 0.15) is 18.9 Å². The molecule has 0 aliphatic heterocycles. The fourth-order valence-corrected chi connectivity index (χ4v) is 1.14. The zero-order valence-electron chi connectivity index (χ0n) is 8.93. The number of carboxylic acid groups (broad SMARTS) is 1. The second-order valence-electron chi connectivity index (χ2n) is 3.20. The summed E-state index contributed by atoms with van der Waals surface area (Å²) in [5.41, 5.74) is 1.40. The van der Waals surface area contributed by atoms with Crippen molar-refractivity contribution in [3.8, 4) is 0 Å². The quantitative estimate of drug-likeness (QED) is 0.762. The van der Waals surface area contributed by atoms with Gasteiger partial charge in [0.05, 0.1) is 0 Å². The van der Waals surface area contributed by atoms with Crippen LogP contribution in [0.4, 0.5) is 5.69 Å². The predicted molar refractivity (Wildman–Crippen MR) is 62.0 cm³/mol. The highest BCUT2D eigenvalue weighted by Crippen LogP contribution is 2.12. The third-order valence-corrected chi connectivity index (χ3v) is 1.91. The lowest BCUT2D eigenvalue weighted by Gasteiger charge is -2.03. The number of carbonyl (C=O) groups is 2. The van der Waals surface area contributed by atoms with Gasteiger partial charge in [0, 0.05) is 18.2 Å². The molecule has 4 nitrogen and oxygen atoms in total. The van der Waals surface area contributed by atoms with Crippen molar-refractivity contribution in [2.45, 2.75) is 13.3 Å². The molecule has 1 rings (SSSR count). The first-order valence-corrected chi connectivity index (χ1v) is 4.92. The molecule has 16 heavy (non-hydrogen) atoms. The first-order valence-electron chi connectivity index (χ1n) is 4.92. The first-order chi connectivity index (χ1) is 7.61. The fraction of sp³-hybridized carbons (Fsp3) is 0.167. The van der Waals surface area contributed by atoms with Crippen molar-refractivity contribution in [2.75, 3.05) is 5.32 Å². The van der Waals surface area contributed by atoms with Gasteiger partial charge in [0.25, 0.3) is 0 Å². The van der Waals surface area contributed by atoms with Gasteiger partial charge >= 0.3 is 5.97 Å². The summed E-state index contributed by atoms with van der Waals surface area (Å²) < 4.78 is 0. The molecule has 1 aromatic rings. The molecular formula is C12H13NO3. The van der Waals surface area contributed by atoms with Crippen molar-refractivity contribution in [1.82, 2.24) is 0 Å². The molecule has 0 atom stereocenters. The van der Waals surface area contributed by atoms with E-state index in [0.29, 0.717) is 12.1 Å². The Morgan fingerprint density at radius 3 is 2.81 bits per heavy atom. The van der Waals surface area contributed by atoms with Crippen LogP contribution in [-0.2, 0) is 9.59 Å². The Kier molecular flexibility index (Phi) is 4.27. The standard InChI is InChI=1S/C12H13NO3/c1-2-11(14)13-10-5-3-4-9(8-10)6-7-12(15)16/h3-8H,2H2,1H3,(H,13,14)(H,15,16). The number of aliphatic carboxylic acids is 1. The minimum Gasteiger partial charge on any atom is -0.478 e. The zero-order chi connectivity index (χ0) is 12.0. The number of hydrogen-bond acceptors (Lipinski definition) is 2. The van der Waals surface area contributed by atoms with Crippen LogP contribution in [0, 0.1) is 0 Å². The molecule has 0 radical (unpaired) electrons. The second kappa shape index (κ2) is 5.70. The van der Waals surface area contributed by atoms with E-state index in [0.717, 1.165) is 11.6 Å². The van der Waals surface area contributed by atoms with E-state index >= 15 is 0 Å². The Morgan fingerprint density at radius 1 is 1.44 bits per heavy atom. The van der Waals surface area contributed by atoms with Gasteiger partial charge in [-0.3, -0.25) is 4.79 Å². The van der Waals surface area contributed by atoms with Gasteiger partial charge in [0.1, 0.15) is 0 Å². The molecule has 0 spiro atoms. The third kappa shape index (κ3) is 3.96. The Bertz CT molecular complexity index is 424. The molecule has 0 aromatic heterocycles. The summed E-state index contributed by atoms with van der Waals surface area (Å²) in [5, 5.41) is 11.2. The fourth-order valence-electron chi connectivity index (χ4n) is 1.14. The molecule has 0 bridgehead atoms. The Morgan fingerprint density at radius 2 is 2.19 bits per heavy atom. The second-order valence-corrected chi connectivity index (χ2v) is 3.20. The number of benzene rings is 1. The average molecular weight is 219 g/mol. The maximum Gasteiger partial charge on any atom is 0.328 e. The third-order valence-electron chi connectivity index (χ3n) is 1.91. The van der Waals surface area contributed by atoms with Gasteiger partial charge in [-0.05, 0) is 23.8 Å². The molecule has 0 saturated heterocycles. The number of hydrogen-bond donors (Lipinski definition) is 2. The zero-order valence-corrected chi connectivity index (χ0v) is 8.93. The lowest BCUT2D eigenvalue weighted by Crippen LogP contribution is -2.09. The van der Waals surface area contributed by atoms with Gasteiger partial charge in [-0.25, -0.2) is 4.79 Å². The van der Waals surface area contributed by atoms with Gasteiger partial charge in [-0.2, -0.15) is 0 Å². The van der Waals surface area contributed by atoms with Crippen molar-refractivity contribution in [1.29, 1.82) is 0 Å². The van der Waals surface area contributed by atoms with Crippen molar-refractivity contribution in [3.63, 3.8) is 0 Å². The van der Waals surface area contributed by atoms with Crippen LogP contribution in [0.2, 0.25) is 0 Å². The highest BCUT2D eigenvalue weighted by molar-refractivity contribution is 5.91. The average Bonchev–Trinajstić information content (AvgIpc) is 2.26. The van der Waals surface area contributed by atoms with Crippen LogP contribution < -0.4 is 5.32 Å². The molecule has 2 N–H and O–H groups in total. The van der Waals surface area contributed by atoms with Gasteiger partial charge in [-0.15, -0.1) is 0 Å². The van der Waals surface area contributed by atoms with E-state index in [-0.39, 0.29) is 5.91 Å². The van der Waals surface area contributed by atoms with Gasteiger partial charge in [0.2, 0.25) is 5.91 Å². The van der Waals surface area contributed by atoms with Crippen molar-refractivity contribution in [2.24, 2.45) is 0 Å². The van der Waals surface area contributed by atoms with E-state index in [1.807, 2.05) is 0 Å². The van der Waals surface area contributed by atoms with E-state index in [1.54, 1.807) is 31.2 Å². The predicted octanol–water partition coefficient (Wildman–Crippen LogP) is 2.13. The summed E-state index contributed by atoms with van der Waals surface area (Å²) in [7, 11) is 0. The van der Waals surface area contributed by atoms with E-state index in [9.17, 15) is 9.59 Å². The first kappa shape index (κ1) is 12.0. The number of nitrogens with one attached hydrogen (secondary N) is 1. The summed E-state index contributed by atoms with van der Waals surface area (Å²) in [6.45, 7) is 1.77. The number of anilines is 1. The minimum absolute atomic E-state index is 0.0700. The Hall–Kier alpha value is -2.10. The minimum atomic E-state index is -0.997. The van der Waals surface area contributed by atoms with Crippen LogP contribution in [0.25, 0.3) is 6.08 Å². The maximum absolute atomic E-state index is 11.1. The van der Waals surface area contributed by atoms with Crippen molar-refractivity contribution >= 4 is 23.6 Å². The number of carboxylic acids is 1. The Balaban J connectivity index is 2.78. The molecule has 0 heterocycles. The largest absolute Gasteiger partial charge is 0.478 e. The van der Waals surface area contributed by atoms with E-state index in [2.05, 4.69) is 5.32 Å². The molecule has 0 aliphatic carbocycles. The molecular weight excluding hydrogens is 206 g/mol. The summed E-state index contributed by atoms with van der Waals surface area (Å²) in [4.78, 5) is 21.5.